The molecule has 0 unspecified atom stereocenters. The topological polar surface area (TPSA) is 56.8 Å². The number of ether oxygens (including phenoxy) is 1. The van der Waals surface area contributed by atoms with E-state index < -0.39 is 5.82 Å². The Labute approximate surface area is 84.9 Å². The maximum absolute atomic E-state index is 12.8. The maximum atomic E-state index is 12.8. The quantitative estimate of drug-likeness (QED) is 0.752. The van der Waals surface area contributed by atoms with Gasteiger partial charge >= 0.3 is 0 Å². The van der Waals surface area contributed by atoms with Crippen LogP contribution < -0.4 is 4.74 Å². The molecule has 0 saturated heterocycles. The van der Waals surface area contributed by atoms with Crippen molar-refractivity contribution in [2.24, 2.45) is 0 Å². The summed E-state index contributed by atoms with van der Waals surface area (Å²) in [6, 6.07) is 5.47. The Balaban J connectivity index is 3.15. The van der Waals surface area contributed by atoms with E-state index in [4.69, 9.17) is 26.9 Å². The number of nitriles is 2. The Kier molecular flexibility index (Phi) is 3.28. The van der Waals surface area contributed by atoms with Crippen molar-refractivity contribution in [2.75, 3.05) is 6.61 Å². The fourth-order valence-electron chi connectivity index (χ4n) is 0.895. The molecule has 5 heteroatoms. The zero-order valence-corrected chi connectivity index (χ0v) is 7.68. The molecule has 0 aliphatic heterocycles. The van der Waals surface area contributed by atoms with Crippen molar-refractivity contribution in [3.05, 3.63) is 28.5 Å². The number of hydrogen-bond acceptors (Lipinski definition) is 3. The second-order valence-electron chi connectivity index (χ2n) is 2.32. The van der Waals surface area contributed by atoms with Gasteiger partial charge in [-0.15, -0.1) is 0 Å². The highest BCUT2D eigenvalue weighted by molar-refractivity contribution is 6.32. The summed E-state index contributed by atoms with van der Waals surface area (Å²) in [6.45, 7) is -0.236. The molecule has 0 atom stereocenters. The second-order valence-corrected chi connectivity index (χ2v) is 2.73. The highest BCUT2D eigenvalue weighted by atomic mass is 35.5. The minimum atomic E-state index is -0.615. The van der Waals surface area contributed by atoms with Crippen LogP contribution in [-0.4, -0.2) is 6.61 Å². The summed E-state index contributed by atoms with van der Waals surface area (Å²) in [5.74, 6) is -0.576. The average molecular weight is 211 g/mol. The SMILES string of the molecule is N#CCOc1c(Cl)cc(F)cc1C#N. The zero-order chi connectivity index (χ0) is 10.6. The lowest BCUT2D eigenvalue weighted by atomic mass is 10.2. The van der Waals surface area contributed by atoms with Crippen molar-refractivity contribution >= 4 is 11.6 Å². The Morgan fingerprint density at radius 2 is 2.14 bits per heavy atom. The Hall–Kier alpha value is -1.78. The highest BCUT2D eigenvalue weighted by Gasteiger charge is 2.10. The van der Waals surface area contributed by atoms with Gasteiger partial charge in [0.15, 0.2) is 12.4 Å². The largest absolute Gasteiger partial charge is 0.476 e. The molecular weight excluding hydrogens is 207 g/mol. The minimum absolute atomic E-state index is 0.0169. The van der Waals surface area contributed by atoms with E-state index in [1.807, 2.05) is 0 Å². The lowest BCUT2D eigenvalue weighted by Crippen LogP contribution is -1.97. The molecular formula is C9H4ClFN2O. The van der Waals surface area contributed by atoms with E-state index in [1.165, 1.54) is 0 Å². The number of rotatable bonds is 2. The van der Waals surface area contributed by atoms with Crippen LogP contribution in [0.2, 0.25) is 5.02 Å². The second kappa shape index (κ2) is 4.45. The third kappa shape index (κ3) is 2.12. The predicted octanol–water partition coefficient (Wildman–Crippen LogP) is 2.25. The van der Waals surface area contributed by atoms with Gasteiger partial charge in [-0.3, -0.25) is 0 Å². The molecule has 0 amide bonds. The Morgan fingerprint density at radius 3 is 2.71 bits per heavy atom. The van der Waals surface area contributed by atoms with Crippen LogP contribution >= 0.6 is 11.6 Å². The number of nitrogens with zero attached hydrogens (tertiary/aromatic N) is 2. The normalized spacial score (nSPS) is 8.86. The van der Waals surface area contributed by atoms with Crippen LogP contribution in [0.5, 0.6) is 5.75 Å². The van der Waals surface area contributed by atoms with E-state index in [2.05, 4.69) is 0 Å². The van der Waals surface area contributed by atoms with Crippen LogP contribution in [0, 0.1) is 28.5 Å². The van der Waals surface area contributed by atoms with Gasteiger partial charge < -0.3 is 4.74 Å². The van der Waals surface area contributed by atoms with Gasteiger partial charge in [0, 0.05) is 0 Å². The third-order valence-electron chi connectivity index (χ3n) is 1.41. The van der Waals surface area contributed by atoms with Gasteiger partial charge in [-0.25, -0.2) is 4.39 Å². The molecule has 0 heterocycles. The molecule has 0 N–H and O–H groups in total. The van der Waals surface area contributed by atoms with Crippen LogP contribution in [0.15, 0.2) is 12.1 Å². The van der Waals surface area contributed by atoms with E-state index in [9.17, 15) is 4.39 Å². The molecule has 0 fully saturated rings. The van der Waals surface area contributed by atoms with Crippen LogP contribution in [0.25, 0.3) is 0 Å². The molecule has 1 aromatic carbocycles. The van der Waals surface area contributed by atoms with E-state index in [0.29, 0.717) is 0 Å². The molecule has 1 rings (SSSR count). The fourth-order valence-corrected chi connectivity index (χ4v) is 1.16. The first kappa shape index (κ1) is 10.3. The van der Waals surface area contributed by atoms with E-state index >= 15 is 0 Å². The number of hydrogen-bond donors (Lipinski definition) is 0. The van der Waals surface area contributed by atoms with Crippen LogP contribution in [-0.2, 0) is 0 Å². The van der Waals surface area contributed by atoms with Crippen molar-refractivity contribution in [2.45, 2.75) is 0 Å². The van der Waals surface area contributed by atoms with E-state index in [0.717, 1.165) is 12.1 Å². The van der Waals surface area contributed by atoms with Gasteiger partial charge in [0.25, 0.3) is 0 Å². The standard InChI is InChI=1S/C9H4ClFN2O/c10-8-4-7(11)3-6(5-13)9(8)14-2-1-12/h3-4H,2H2. The first-order chi connectivity index (χ1) is 6.69. The van der Waals surface area contributed by atoms with Gasteiger partial charge in [0.2, 0.25) is 0 Å². The van der Waals surface area contributed by atoms with Crippen LogP contribution in [0.1, 0.15) is 5.56 Å². The van der Waals surface area contributed by atoms with Gasteiger partial charge in [0.05, 0.1) is 10.6 Å². The molecule has 0 spiro atoms. The monoisotopic (exact) mass is 210 g/mol. The molecule has 3 nitrogen and oxygen atoms in total. The van der Waals surface area contributed by atoms with Crippen molar-refractivity contribution < 1.29 is 9.13 Å². The summed E-state index contributed by atoms with van der Waals surface area (Å²) < 4.78 is 17.6. The fraction of sp³-hybridized carbons (Fsp3) is 0.111. The molecule has 0 aliphatic carbocycles. The van der Waals surface area contributed by atoms with E-state index in [-0.39, 0.29) is 22.9 Å². The van der Waals surface area contributed by atoms with Crippen LogP contribution in [0.3, 0.4) is 0 Å². The molecule has 70 valence electrons. The highest BCUT2D eigenvalue weighted by Crippen LogP contribution is 2.29. The predicted molar refractivity (Wildman–Crippen MR) is 47.2 cm³/mol. The maximum Gasteiger partial charge on any atom is 0.174 e. The molecule has 1 aromatic rings. The van der Waals surface area contributed by atoms with Crippen molar-refractivity contribution in [3.8, 4) is 17.9 Å². The smallest absolute Gasteiger partial charge is 0.174 e. The lowest BCUT2D eigenvalue weighted by molar-refractivity contribution is 0.366. The Bertz CT molecular complexity index is 434. The summed E-state index contributed by atoms with van der Waals surface area (Å²) in [5, 5.41) is 16.9. The first-order valence-corrected chi connectivity index (χ1v) is 3.95. The first-order valence-electron chi connectivity index (χ1n) is 3.58. The van der Waals surface area contributed by atoms with Gasteiger partial charge in [-0.2, -0.15) is 10.5 Å². The minimum Gasteiger partial charge on any atom is -0.476 e. The molecule has 0 bridgehead atoms. The summed E-state index contributed by atoms with van der Waals surface area (Å²) in [7, 11) is 0. The summed E-state index contributed by atoms with van der Waals surface area (Å²) in [4.78, 5) is 0. The van der Waals surface area contributed by atoms with Crippen LogP contribution in [0.4, 0.5) is 4.39 Å². The van der Waals surface area contributed by atoms with Gasteiger partial charge in [-0.05, 0) is 12.1 Å². The third-order valence-corrected chi connectivity index (χ3v) is 1.69. The summed E-state index contributed by atoms with van der Waals surface area (Å²) >= 11 is 5.62. The number of benzene rings is 1. The van der Waals surface area contributed by atoms with Crippen molar-refractivity contribution in [1.29, 1.82) is 10.5 Å². The molecule has 0 aliphatic rings. The molecule has 0 saturated carbocycles. The average Bonchev–Trinajstić information content (AvgIpc) is 2.15. The molecule has 14 heavy (non-hydrogen) atoms. The summed E-state index contributed by atoms with van der Waals surface area (Å²) in [5.41, 5.74) is -0.0229. The zero-order valence-electron chi connectivity index (χ0n) is 6.92. The molecule has 0 aromatic heterocycles. The van der Waals surface area contributed by atoms with Crippen molar-refractivity contribution in [3.63, 3.8) is 0 Å². The van der Waals surface area contributed by atoms with Gasteiger partial charge in [-0.1, -0.05) is 11.6 Å². The summed E-state index contributed by atoms with van der Waals surface area (Å²) in [6.07, 6.45) is 0. The lowest BCUT2D eigenvalue weighted by Gasteiger charge is -2.05. The molecule has 0 radical (unpaired) electrons. The Morgan fingerprint density at radius 1 is 1.43 bits per heavy atom. The van der Waals surface area contributed by atoms with Gasteiger partial charge in [0.1, 0.15) is 18.0 Å². The van der Waals surface area contributed by atoms with E-state index in [1.54, 1.807) is 12.1 Å². The number of halogens is 2. The van der Waals surface area contributed by atoms with Crippen molar-refractivity contribution in [1.82, 2.24) is 0 Å².